The molecule has 0 atom stereocenters. The topological polar surface area (TPSA) is 116 Å². The van der Waals surface area contributed by atoms with Crippen LogP contribution in [0.3, 0.4) is 0 Å². The summed E-state index contributed by atoms with van der Waals surface area (Å²) in [5.41, 5.74) is 8.36. The molecule has 1 aliphatic rings. The third kappa shape index (κ3) is 4.66. The minimum Gasteiger partial charge on any atom is -0.421 e. The molecule has 9 nitrogen and oxygen atoms in total. The van der Waals surface area contributed by atoms with E-state index >= 15 is 8.78 Å². The van der Waals surface area contributed by atoms with Crippen molar-refractivity contribution < 1.29 is 27.5 Å². The van der Waals surface area contributed by atoms with Gasteiger partial charge < -0.3 is 19.8 Å². The molecule has 0 radical (unpaired) electrons. The number of nitrogens with two attached hydrogens (primary N) is 1. The molecule has 3 aromatic heterocycles. The van der Waals surface area contributed by atoms with Gasteiger partial charge in [-0.3, -0.25) is 14.6 Å². The normalized spacial score (nSPS) is 12.4. The van der Waals surface area contributed by atoms with Crippen LogP contribution in [0.15, 0.2) is 67.4 Å². The first-order chi connectivity index (χ1) is 20.5. The molecule has 0 aliphatic carbocycles. The Morgan fingerprint density at radius 3 is 2.56 bits per heavy atom. The summed E-state index contributed by atoms with van der Waals surface area (Å²) in [6.07, 6.45) is 4.65. The number of carbonyl (C=O) groups is 2. The second-order valence-corrected chi connectivity index (χ2v) is 10.0. The van der Waals surface area contributed by atoms with Crippen LogP contribution < -0.4 is 15.4 Å². The van der Waals surface area contributed by atoms with Gasteiger partial charge in [-0.2, -0.15) is 0 Å². The monoisotopic (exact) mass is 584 g/mol. The van der Waals surface area contributed by atoms with Crippen molar-refractivity contribution in [1.29, 1.82) is 0 Å². The van der Waals surface area contributed by atoms with E-state index in [0.717, 1.165) is 11.0 Å². The molecule has 0 unspecified atom stereocenters. The Hall–Kier alpha value is -5.52. The zero-order valence-corrected chi connectivity index (χ0v) is 23.0. The van der Waals surface area contributed by atoms with Gasteiger partial charge in [0.2, 0.25) is 0 Å². The smallest absolute Gasteiger partial charge is 0.322 e. The lowest BCUT2D eigenvalue weighted by Crippen LogP contribution is -2.28. The van der Waals surface area contributed by atoms with Gasteiger partial charge in [-0.15, -0.1) is 0 Å². The third-order valence-electron chi connectivity index (χ3n) is 7.22. The number of aromatic nitrogens is 4. The van der Waals surface area contributed by atoms with Crippen LogP contribution in [0.25, 0.3) is 27.9 Å². The van der Waals surface area contributed by atoms with Crippen LogP contribution >= 0.6 is 0 Å². The summed E-state index contributed by atoms with van der Waals surface area (Å²) in [5.74, 6) is -4.58. The molecule has 0 saturated carbocycles. The van der Waals surface area contributed by atoms with E-state index in [-0.39, 0.29) is 69.4 Å². The number of halogens is 3. The van der Waals surface area contributed by atoms with E-state index in [9.17, 15) is 14.0 Å². The lowest BCUT2D eigenvalue weighted by atomic mass is 9.95. The molecule has 0 saturated heterocycles. The summed E-state index contributed by atoms with van der Waals surface area (Å²) in [4.78, 5) is 38.7. The molecule has 4 heterocycles. The average Bonchev–Trinajstić information content (AvgIpc) is 3.54. The summed E-state index contributed by atoms with van der Waals surface area (Å²) in [6.45, 7) is 6.57. The number of amides is 2. The minimum atomic E-state index is -1.16. The maximum Gasteiger partial charge on any atom is 0.322 e. The Bertz CT molecular complexity index is 2010. The summed E-state index contributed by atoms with van der Waals surface area (Å²) in [7, 11) is 0. The van der Waals surface area contributed by atoms with Crippen molar-refractivity contribution >= 4 is 23.0 Å². The second kappa shape index (κ2) is 10.4. The molecule has 0 bridgehead atoms. The molecule has 12 heteroatoms. The van der Waals surface area contributed by atoms with Crippen LogP contribution in [0.4, 0.5) is 18.9 Å². The molecule has 43 heavy (non-hydrogen) atoms. The summed E-state index contributed by atoms with van der Waals surface area (Å²) in [5, 5.41) is 0. The fourth-order valence-corrected chi connectivity index (χ4v) is 5.35. The lowest BCUT2D eigenvalue weighted by molar-refractivity contribution is -0.116. The van der Waals surface area contributed by atoms with E-state index in [0.29, 0.717) is 11.4 Å². The molecular weight excluding hydrogens is 561 g/mol. The number of anilines is 1. The van der Waals surface area contributed by atoms with Crippen LogP contribution in [0, 0.1) is 25.5 Å². The van der Waals surface area contributed by atoms with Crippen LogP contribution in [0.1, 0.15) is 27.3 Å². The van der Waals surface area contributed by atoms with Gasteiger partial charge >= 0.3 is 6.01 Å². The van der Waals surface area contributed by atoms with E-state index < -0.39 is 29.3 Å². The van der Waals surface area contributed by atoms with Crippen LogP contribution in [-0.2, 0) is 11.2 Å². The van der Waals surface area contributed by atoms with Crippen molar-refractivity contribution in [3.63, 3.8) is 0 Å². The number of ether oxygens (including phenoxy) is 1. The number of hydrogen-bond donors (Lipinski definition) is 1. The molecule has 2 aromatic carbocycles. The molecule has 1 aliphatic heterocycles. The van der Waals surface area contributed by atoms with Gasteiger partial charge in [0.1, 0.15) is 5.82 Å². The maximum absolute atomic E-state index is 16.3. The first-order valence-corrected chi connectivity index (χ1v) is 13.1. The summed E-state index contributed by atoms with van der Waals surface area (Å²) >= 11 is 0. The van der Waals surface area contributed by atoms with Crippen molar-refractivity contribution in [2.45, 2.75) is 20.3 Å². The number of nitrogens with zero attached hydrogens (tertiary/aromatic N) is 5. The maximum atomic E-state index is 16.3. The first kappa shape index (κ1) is 27.6. The standard InChI is InChI=1S/C31H23F3N6O3/c1-15-8-10-36-31(38-15)43-24-7-4-18(12-21(24)33)25-26(29(35)41)23-13-37-16(2)14-40(23)28(25)20-5-6-22-19(27(20)34)9-11-39(22)30(42)17(3)32/h4-8,10,12-14H,3,9,11H2,1-2H3,(H2,35,41). The Kier molecular flexibility index (Phi) is 6.68. The van der Waals surface area contributed by atoms with Gasteiger partial charge in [-0.25, -0.2) is 23.1 Å². The highest BCUT2D eigenvalue weighted by Gasteiger charge is 2.33. The number of rotatable bonds is 6. The van der Waals surface area contributed by atoms with Crippen LogP contribution in [0.5, 0.6) is 11.8 Å². The molecule has 0 fully saturated rings. The minimum absolute atomic E-state index is 0.00279. The van der Waals surface area contributed by atoms with Crippen LogP contribution in [-0.4, -0.2) is 37.7 Å². The highest BCUT2D eigenvalue weighted by molar-refractivity contribution is 6.11. The predicted octanol–water partition coefficient (Wildman–Crippen LogP) is 5.62. The van der Waals surface area contributed by atoms with Crippen molar-refractivity contribution in [3.05, 3.63) is 102 Å². The summed E-state index contributed by atoms with van der Waals surface area (Å²) in [6, 6.07) is 8.55. The molecule has 216 valence electrons. The van der Waals surface area contributed by atoms with E-state index in [4.69, 9.17) is 10.5 Å². The molecule has 5 aromatic rings. The van der Waals surface area contributed by atoms with Gasteiger partial charge in [0.05, 0.1) is 34.4 Å². The van der Waals surface area contributed by atoms with E-state index in [1.807, 2.05) is 0 Å². The molecule has 6 rings (SSSR count). The van der Waals surface area contributed by atoms with E-state index in [1.54, 1.807) is 30.5 Å². The molecule has 2 N–H and O–H groups in total. The Balaban J connectivity index is 1.56. The Morgan fingerprint density at radius 1 is 1.07 bits per heavy atom. The van der Waals surface area contributed by atoms with Crippen molar-refractivity contribution in [2.75, 3.05) is 11.4 Å². The number of hydrogen-bond acceptors (Lipinski definition) is 6. The number of fused-ring (bicyclic) bond motifs is 2. The quantitative estimate of drug-likeness (QED) is 0.259. The number of aryl methyl sites for hydroxylation is 2. The Labute approximate surface area is 243 Å². The largest absolute Gasteiger partial charge is 0.421 e. The number of carbonyl (C=O) groups excluding carboxylic acids is 2. The third-order valence-corrected chi connectivity index (χ3v) is 7.22. The number of benzene rings is 2. The summed E-state index contributed by atoms with van der Waals surface area (Å²) < 4.78 is 52.6. The van der Waals surface area contributed by atoms with E-state index in [1.165, 1.54) is 36.7 Å². The Morgan fingerprint density at radius 2 is 1.86 bits per heavy atom. The average molecular weight is 585 g/mol. The number of primary amides is 1. The highest BCUT2D eigenvalue weighted by atomic mass is 19.1. The molecule has 0 spiro atoms. The van der Waals surface area contributed by atoms with Gasteiger partial charge in [0.15, 0.2) is 17.4 Å². The second-order valence-electron chi connectivity index (χ2n) is 10.0. The SMILES string of the molecule is C=C(F)C(=O)N1CCc2c1ccc(-c1c(-c3ccc(Oc4nccc(C)n4)c(F)c3)c(C(N)=O)c3cnc(C)cn13)c2F. The van der Waals surface area contributed by atoms with Crippen molar-refractivity contribution in [2.24, 2.45) is 5.73 Å². The zero-order valence-electron chi connectivity index (χ0n) is 23.0. The predicted molar refractivity (Wildman–Crippen MR) is 152 cm³/mol. The first-order valence-electron chi connectivity index (χ1n) is 13.1. The fraction of sp³-hybridized carbons (Fsp3) is 0.129. The fourth-order valence-electron chi connectivity index (χ4n) is 5.35. The van der Waals surface area contributed by atoms with Gasteiger partial charge in [0.25, 0.3) is 11.8 Å². The van der Waals surface area contributed by atoms with Gasteiger partial charge in [-0.05, 0) is 56.2 Å². The zero-order chi connectivity index (χ0) is 30.6. The molecule has 2 amide bonds. The van der Waals surface area contributed by atoms with Gasteiger partial charge in [-0.1, -0.05) is 12.6 Å². The van der Waals surface area contributed by atoms with Crippen molar-refractivity contribution in [1.82, 2.24) is 19.4 Å². The highest BCUT2D eigenvalue weighted by Crippen LogP contribution is 2.44. The van der Waals surface area contributed by atoms with Crippen molar-refractivity contribution in [3.8, 4) is 34.1 Å². The lowest BCUT2D eigenvalue weighted by Gasteiger charge is -2.17. The van der Waals surface area contributed by atoms with E-state index in [2.05, 4.69) is 21.5 Å². The molecular formula is C31H23F3N6O3. The van der Waals surface area contributed by atoms with Crippen LogP contribution in [0.2, 0.25) is 0 Å². The van der Waals surface area contributed by atoms with Gasteiger partial charge in [0, 0.05) is 41.3 Å².